The van der Waals surface area contributed by atoms with E-state index in [9.17, 15) is 0 Å². The summed E-state index contributed by atoms with van der Waals surface area (Å²) in [7, 11) is 0. The van der Waals surface area contributed by atoms with Crippen molar-refractivity contribution < 1.29 is 9.47 Å². The molecule has 0 fully saturated rings. The Labute approximate surface area is 166 Å². The molecule has 0 bridgehead atoms. The molecule has 4 heteroatoms. The van der Waals surface area contributed by atoms with E-state index in [4.69, 9.17) is 27.4 Å². The fourth-order valence-electron chi connectivity index (χ4n) is 3.32. The normalized spacial score (nSPS) is 11.0. The molecular formula is C23H25NO2S. The molecule has 3 nitrogen and oxygen atoms in total. The molecule has 3 rings (SSSR count). The molecule has 0 spiro atoms. The lowest BCUT2D eigenvalue weighted by Gasteiger charge is -2.15. The van der Waals surface area contributed by atoms with Crippen molar-refractivity contribution in [3.8, 4) is 11.5 Å². The fourth-order valence-corrected chi connectivity index (χ4v) is 3.53. The number of hydrogen-bond donors (Lipinski definition) is 1. The summed E-state index contributed by atoms with van der Waals surface area (Å²) in [4.78, 5) is 0.336. The first-order chi connectivity index (χ1) is 13.0. The van der Waals surface area contributed by atoms with Gasteiger partial charge in [0, 0.05) is 0 Å². The Morgan fingerprint density at radius 1 is 1.00 bits per heavy atom. The largest absolute Gasteiger partial charge is 0.490 e. The summed E-state index contributed by atoms with van der Waals surface area (Å²) in [6, 6.07) is 18.2. The summed E-state index contributed by atoms with van der Waals surface area (Å²) in [5.74, 6) is 2.05. The summed E-state index contributed by atoms with van der Waals surface area (Å²) >= 11 is 5.25. The highest BCUT2D eigenvalue weighted by molar-refractivity contribution is 7.80. The number of thiocarbonyl (C=S) groups is 1. The number of aryl methyl sites for hydroxylation is 1. The smallest absolute Gasteiger partial charge is 0.130 e. The molecule has 0 saturated heterocycles. The highest BCUT2D eigenvalue weighted by Crippen LogP contribution is 2.28. The molecule has 0 aliphatic rings. The third-order valence-corrected chi connectivity index (χ3v) is 4.81. The van der Waals surface area contributed by atoms with Crippen molar-refractivity contribution in [2.24, 2.45) is 5.73 Å². The van der Waals surface area contributed by atoms with Crippen LogP contribution in [-0.4, -0.2) is 18.2 Å². The zero-order valence-corrected chi connectivity index (χ0v) is 16.8. The van der Waals surface area contributed by atoms with Crippen LogP contribution >= 0.6 is 12.2 Å². The third-order valence-electron chi connectivity index (χ3n) is 4.61. The lowest BCUT2D eigenvalue weighted by Crippen LogP contribution is -2.15. The summed E-state index contributed by atoms with van der Waals surface area (Å²) < 4.78 is 11.8. The Morgan fingerprint density at radius 3 is 2.44 bits per heavy atom. The highest BCUT2D eigenvalue weighted by atomic mass is 32.1. The van der Waals surface area contributed by atoms with Crippen LogP contribution in [0, 0.1) is 6.92 Å². The Kier molecular flexibility index (Phi) is 5.97. The van der Waals surface area contributed by atoms with Crippen LogP contribution in [0.25, 0.3) is 10.8 Å². The van der Waals surface area contributed by atoms with Crippen LogP contribution < -0.4 is 15.2 Å². The van der Waals surface area contributed by atoms with Gasteiger partial charge in [0.25, 0.3) is 0 Å². The molecule has 0 amide bonds. The van der Waals surface area contributed by atoms with Crippen LogP contribution in [0.5, 0.6) is 11.5 Å². The number of benzene rings is 3. The monoisotopic (exact) mass is 379 g/mol. The molecule has 0 aliphatic heterocycles. The molecule has 3 aromatic carbocycles. The van der Waals surface area contributed by atoms with E-state index >= 15 is 0 Å². The van der Waals surface area contributed by atoms with Gasteiger partial charge in [0.15, 0.2) is 0 Å². The number of fused-ring (bicyclic) bond motifs is 1. The molecular weight excluding hydrogens is 354 g/mol. The Bertz CT molecular complexity index is 966. The lowest BCUT2D eigenvalue weighted by atomic mass is 9.98. The molecule has 0 unspecified atom stereocenters. The van der Waals surface area contributed by atoms with Crippen molar-refractivity contribution in [1.82, 2.24) is 0 Å². The quantitative estimate of drug-likeness (QED) is 0.443. The van der Waals surface area contributed by atoms with Crippen LogP contribution in [0.2, 0.25) is 0 Å². The van der Waals surface area contributed by atoms with Crippen molar-refractivity contribution in [2.45, 2.75) is 26.7 Å². The second-order valence-electron chi connectivity index (χ2n) is 6.89. The molecule has 2 N–H and O–H groups in total. The second kappa shape index (κ2) is 8.40. The van der Waals surface area contributed by atoms with E-state index in [0.29, 0.717) is 29.9 Å². The summed E-state index contributed by atoms with van der Waals surface area (Å²) in [5, 5.41) is 2.09. The van der Waals surface area contributed by atoms with Gasteiger partial charge in [-0.3, -0.25) is 0 Å². The van der Waals surface area contributed by atoms with Gasteiger partial charge in [-0.25, -0.2) is 0 Å². The zero-order valence-electron chi connectivity index (χ0n) is 16.0. The predicted octanol–water partition coefficient (Wildman–Crippen LogP) is 5.36. The average Bonchev–Trinajstić information content (AvgIpc) is 2.64. The van der Waals surface area contributed by atoms with Crippen molar-refractivity contribution in [1.29, 1.82) is 0 Å². The summed E-state index contributed by atoms with van der Waals surface area (Å²) in [5.41, 5.74) is 9.32. The van der Waals surface area contributed by atoms with Crippen LogP contribution in [0.15, 0.2) is 54.6 Å². The zero-order chi connectivity index (χ0) is 19.4. The lowest BCUT2D eigenvalue weighted by molar-refractivity contribution is 0.217. The standard InChI is InChI=1S/C23H25NO2S/c1-15(2)19-10-9-18(14-16(19)3)25-12-13-26-21-11-8-17-6-4-5-7-20(17)22(21)23(24)27/h4-11,14-15H,12-13H2,1-3H3,(H2,24,27). The summed E-state index contributed by atoms with van der Waals surface area (Å²) in [6.45, 7) is 7.37. The Balaban J connectivity index is 1.67. The molecule has 0 aromatic heterocycles. The predicted molar refractivity (Wildman–Crippen MR) is 116 cm³/mol. The molecule has 0 heterocycles. The maximum atomic E-state index is 5.95. The number of nitrogens with two attached hydrogens (primary N) is 1. The molecule has 0 saturated carbocycles. The SMILES string of the molecule is Cc1cc(OCCOc2ccc3ccccc3c2C(N)=S)ccc1C(C)C. The Hall–Kier alpha value is -2.59. The average molecular weight is 380 g/mol. The maximum Gasteiger partial charge on any atom is 0.130 e. The van der Waals surface area contributed by atoms with Gasteiger partial charge in [0.2, 0.25) is 0 Å². The van der Waals surface area contributed by atoms with Crippen LogP contribution in [0.1, 0.15) is 36.5 Å². The van der Waals surface area contributed by atoms with Gasteiger partial charge in [-0.15, -0.1) is 0 Å². The second-order valence-corrected chi connectivity index (χ2v) is 7.33. The van der Waals surface area contributed by atoms with E-state index in [1.165, 1.54) is 11.1 Å². The molecule has 0 aliphatic carbocycles. The fraction of sp³-hybridized carbons (Fsp3) is 0.261. The first-order valence-electron chi connectivity index (χ1n) is 9.15. The van der Waals surface area contributed by atoms with Gasteiger partial charge in [0.1, 0.15) is 29.7 Å². The molecule has 27 heavy (non-hydrogen) atoms. The van der Waals surface area contributed by atoms with E-state index in [1.54, 1.807) is 0 Å². The number of rotatable bonds is 7. The first kappa shape index (κ1) is 19.2. The van der Waals surface area contributed by atoms with E-state index in [1.807, 2.05) is 42.5 Å². The van der Waals surface area contributed by atoms with E-state index < -0.39 is 0 Å². The van der Waals surface area contributed by atoms with E-state index in [-0.39, 0.29) is 0 Å². The number of hydrogen-bond acceptors (Lipinski definition) is 3. The van der Waals surface area contributed by atoms with E-state index in [2.05, 4.69) is 32.9 Å². The molecule has 0 radical (unpaired) electrons. The third kappa shape index (κ3) is 4.40. The van der Waals surface area contributed by atoms with Crippen molar-refractivity contribution in [3.63, 3.8) is 0 Å². The highest BCUT2D eigenvalue weighted by Gasteiger charge is 2.11. The van der Waals surface area contributed by atoms with Crippen molar-refractivity contribution in [2.75, 3.05) is 13.2 Å². The molecule has 0 atom stereocenters. The Morgan fingerprint density at radius 2 is 1.74 bits per heavy atom. The maximum absolute atomic E-state index is 5.95. The van der Waals surface area contributed by atoms with Gasteiger partial charge in [-0.05, 0) is 52.9 Å². The summed E-state index contributed by atoms with van der Waals surface area (Å²) in [6.07, 6.45) is 0. The minimum atomic E-state index is 0.336. The first-order valence-corrected chi connectivity index (χ1v) is 9.56. The van der Waals surface area contributed by atoms with Gasteiger partial charge in [0.05, 0.1) is 5.56 Å². The van der Waals surface area contributed by atoms with Gasteiger partial charge >= 0.3 is 0 Å². The van der Waals surface area contributed by atoms with Crippen LogP contribution in [0.4, 0.5) is 0 Å². The van der Waals surface area contributed by atoms with Crippen LogP contribution in [-0.2, 0) is 0 Å². The van der Waals surface area contributed by atoms with Gasteiger partial charge in [-0.1, -0.05) is 62.5 Å². The minimum Gasteiger partial charge on any atom is -0.490 e. The molecule has 140 valence electrons. The topological polar surface area (TPSA) is 44.5 Å². The van der Waals surface area contributed by atoms with Crippen molar-refractivity contribution in [3.05, 3.63) is 71.3 Å². The van der Waals surface area contributed by atoms with E-state index in [0.717, 1.165) is 22.1 Å². The van der Waals surface area contributed by atoms with Crippen molar-refractivity contribution >= 4 is 28.0 Å². The van der Waals surface area contributed by atoms with Crippen LogP contribution in [0.3, 0.4) is 0 Å². The number of ether oxygens (including phenoxy) is 2. The minimum absolute atomic E-state index is 0.336. The van der Waals surface area contributed by atoms with Gasteiger partial charge < -0.3 is 15.2 Å². The molecule has 3 aromatic rings. The van der Waals surface area contributed by atoms with Gasteiger partial charge in [-0.2, -0.15) is 0 Å².